The van der Waals surface area contributed by atoms with Crippen molar-refractivity contribution in [1.29, 1.82) is 0 Å². The zero-order valence-electron chi connectivity index (χ0n) is 15.9. The molecular weight excluding hydrogens is 333 g/mol. The van der Waals surface area contributed by atoms with Crippen LogP contribution >= 0.6 is 0 Å². The fourth-order valence-corrected chi connectivity index (χ4v) is 3.94. The Morgan fingerprint density at radius 3 is 2.65 bits per heavy atom. The molecule has 2 saturated heterocycles. The van der Waals surface area contributed by atoms with Crippen LogP contribution < -0.4 is 10.6 Å². The summed E-state index contributed by atoms with van der Waals surface area (Å²) >= 11 is 0. The quantitative estimate of drug-likeness (QED) is 0.845. The second-order valence-electron chi connectivity index (χ2n) is 8.48. The minimum atomic E-state index is -0.560. The highest BCUT2D eigenvalue weighted by Gasteiger charge is 2.36. The number of carbonyl (C=O) groups excluding carboxylic acids is 1. The van der Waals surface area contributed by atoms with Gasteiger partial charge in [0.2, 0.25) is 0 Å². The van der Waals surface area contributed by atoms with Crippen molar-refractivity contribution >= 4 is 6.09 Å². The van der Waals surface area contributed by atoms with Gasteiger partial charge in [-0.25, -0.2) is 9.18 Å². The van der Waals surface area contributed by atoms with Gasteiger partial charge in [-0.2, -0.15) is 0 Å². The Kier molecular flexibility index (Phi) is 5.82. The SMILES string of the molecule is CC(C)(C)OC(=O)N[C@@H](CCN1CC2CNCC2C1)c1cccc(F)c1. The summed E-state index contributed by atoms with van der Waals surface area (Å²) in [6.45, 7) is 10.8. The van der Waals surface area contributed by atoms with Crippen LogP contribution in [0.4, 0.5) is 9.18 Å². The average molecular weight is 363 g/mol. The van der Waals surface area contributed by atoms with Crippen LogP contribution in [0.25, 0.3) is 0 Å². The number of rotatable bonds is 5. The van der Waals surface area contributed by atoms with E-state index in [2.05, 4.69) is 15.5 Å². The number of alkyl carbamates (subject to hydrolysis) is 1. The Bertz CT molecular complexity index is 620. The standard InChI is InChI=1S/C20H30FN3O2/c1-20(2,3)26-19(25)23-18(14-5-4-6-17(21)9-14)7-8-24-12-15-10-22-11-16(15)13-24/h4-6,9,15-16,18,22H,7-8,10-13H2,1-3H3,(H,23,25)/t15?,16?,18-/m0/s1. The number of nitrogens with one attached hydrogen (secondary N) is 2. The number of fused-ring (bicyclic) bond motifs is 1. The molecule has 1 amide bonds. The number of halogens is 1. The normalized spacial score (nSPS) is 24.3. The molecule has 2 unspecified atom stereocenters. The molecule has 2 fully saturated rings. The maximum Gasteiger partial charge on any atom is 0.408 e. The molecule has 2 heterocycles. The molecule has 2 aliphatic heterocycles. The molecule has 26 heavy (non-hydrogen) atoms. The molecule has 6 heteroatoms. The number of benzene rings is 1. The topological polar surface area (TPSA) is 53.6 Å². The van der Waals surface area contributed by atoms with Crippen LogP contribution in [0, 0.1) is 17.7 Å². The lowest BCUT2D eigenvalue weighted by atomic mass is 10.0. The Labute approximate surface area is 155 Å². The number of carbonyl (C=O) groups is 1. The van der Waals surface area contributed by atoms with Crippen LogP contribution in [-0.2, 0) is 4.74 Å². The van der Waals surface area contributed by atoms with E-state index in [1.165, 1.54) is 12.1 Å². The van der Waals surface area contributed by atoms with E-state index in [4.69, 9.17) is 4.74 Å². The molecule has 0 aliphatic carbocycles. The first-order valence-corrected chi connectivity index (χ1v) is 9.48. The average Bonchev–Trinajstić information content (AvgIpc) is 3.10. The van der Waals surface area contributed by atoms with E-state index in [0.717, 1.165) is 56.5 Å². The lowest BCUT2D eigenvalue weighted by Gasteiger charge is -2.26. The second-order valence-corrected chi connectivity index (χ2v) is 8.48. The molecule has 3 rings (SSSR count). The molecule has 0 bridgehead atoms. The van der Waals surface area contributed by atoms with Crippen molar-refractivity contribution in [1.82, 2.24) is 15.5 Å². The van der Waals surface area contributed by atoms with Crippen molar-refractivity contribution in [3.8, 4) is 0 Å². The summed E-state index contributed by atoms with van der Waals surface area (Å²) in [5.74, 6) is 1.18. The van der Waals surface area contributed by atoms with Gasteiger partial charge in [0, 0.05) is 19.6 Å². The van der Waals surface area contributed by atoms with Crippen molar-refractivity contribution in [2.24, 2.45) is 11.8 Å². The van der Waals surface area contributed by atoms with Crippen LogP contribution in [0.1, 0.15) is 38.8 Å². The molecule has 2 aliphatic rings. The van der Waals surface area contributed by atoms with Crippen molar-refractivity contribution < 1.29 is 13.9 Å². The first-order chi connectivity index (χ1) is 12.3. The monoisotopic (exact) mass is 363 g/mol. The molecule has 0 saturated carbocycles. The van der Waals surface area contributed by atoms with Gasteiger partial charge in [0.05, 0.1) is 6.04 Å². The highest BCUT2D eigenvalue weighted by atomic mass is 19.1. The maximum absolute atomic E-state index is 13.7. The highest BCUT2D eigenvalue weighted by molar-refractivity contribution is 5.68. The van der Waals surface area contributed by atoms with E-state index in [0.29, 0.717) is 0 Å². The molecule has 3 atom stereocenters. The molecule has 144 valence electrons. The molecule has 5 nitrogen and oxygen atoms in total. The van der Waals surface area contributed by atoms with Gasteiger partial charge in [-0.3, -0.25) is 0 Å². The van der Waals surface area contributed by atoms with E-state index in [1.54, 1.807) is 6.07 Å². The number of hydrogen-bond acceptors (Lipinski definition) is 4. The predicted octanol–water partition coefficient (Wildman–Crippen LogP) is 2.93. The second kappa shape index (κ2) is 7.92. The number of hydrogen-bond donors (Lipinski definition) is 2. The zero-order chi connectivity index (χ0) is 18.7. The summed E-state index contributed by atoms with van der Waals surface area (Å²) in [4.78, 5) is 14.7. The van der Waals surface area contributed by atoms with Gasteiger partial charge in [0.15, 0.2) is 0 Å². The minimum absolute atomic E-state index is 0.265. The van der Waals surface area contributed by atoms with Crippen molar-refractivity contribution in [2.75, 3.05) is 32.7 Å². The van der Waals surface area contributed by atoms with Crippen LogP contribution in [-0.4, -0.2) is 49.3 Å². The van der Waals surface area contributed by atoms with E-state index in [-0.39, 0.29) is 11.9 Å². The summed E-state index contributed by atoms with van der Waals surface area (Å²) < 4.78 is 19.1. The summed E-state index contributed by atoms with van der Waals surface area (Å²) in [6.07, 6.45) is 0.268. The van der Waals surface area contributed by atoms with Crippen molar-refractivity contribution in [2.45, 2.75) is 38.8 Å². The summed E-state index contributed by atoms with van der Waals surface area (Å²) in [6, 6.07) is 6.18. The van der Waals surface area contributed by atoms with Crippen LogP contribution in [0.3, 0.4) is 0 Å². The molecule has 0 spiro atoms. The fourth-order valence-electron chi connectivity index (χ4n) is 3.94. The third kappa shape index (κ3) is 5.17. The number of likely N-dealkylation sites (tertiary alicyclic amines) is 1. The van der Waals surface area contributed by atoms with Gasteiger partial charge in [-0.1, -0.05) is 12.1 Å². The zero-order valence-corrected chi connectivity index (χ0v) is 15.9. The molecule has 2 N–H and O–H groups in total. The van der Waals surface area contributed by atoms with Gasteiger partial charge in [0.25, 0.3) is 0 Å². The van der Waals surface area contributed by atoms with Gasteiger partial charge < -0.3 is 20.3 Å². The number of ether oxygens (including phenoxy) is 1. The lowest BCUT2D eigenvalue weighted by Crippen LogP contribution is -2.37. The third-order valence-corrected chi connectivity index (χ3v) is 5.14. The van der Waals surface area contributed by atoms with Gasteiger partial charge in [0.1, 0.15) is 11.4 Å². The van der Waals surface area contributed by atoms with Gasteiger partial charge in [-0.05, 0) is 69.8 Å². The first-order valence-electron chi connectivity index (χ1n) is 9.48. The smallest absolute Gasteiger partial charge is 0.408 e. The lowest BCUT2D eigenvalue weighted by molar-refractivity contribution is 0.0498. The molecule has 0 radical (unpaired) electrons. The van der Waals surface area contributed by atoms with Crippen LogP contribution in [0.5, 0.6) is 0 Å². The van der Waals surface area contributed by atoms with E-state index in [9.17, 15) is 9.18 Å². The van der Waals surface area contributed by atoms with Gasteiger partial charge in [-0.15, -0.1) is 0 Å². The largest absolute Gasteiger partial charge is 0.444 e. The summed E-state index contributed by atoms with van der Waals surface area (Å²) in [5, 5.41) is 6.37. The van der Waals surface area contributed by atoms with Crippen molar-refractivity contribution in [3.05, 3.63) is 35.6 Å². The molecule has 1 aromatic carbocycles. The maximum atomic E-state index is 13.7. The van der Waals surface area contributed by atoms with Crippen molar-refractivity contribution in [3.63, 3.8) is 0 Å². The number of amides is 1. The Morgan fingerprint density at radius 1 is 1.35 bits per heavy atom. The van der Waals surface area contributed by atoms with Crippen LogP contribution in [0.15, 0.2) is 24.3 Å². The van der Waals surface area contributed by atoms with Gasteiger partial charge >= 0.3 is 6.09 Å². The minimum Gasteiger partial charge on any atom is -0.444 e. The van der Waals surface area contributed by atoms with Crippen LogP contribution in [0.2, 0.25) is 0 Å². The third-order valence-electron chi connectivity index (χ3n) is 5.14. The molecule has 1 aromatic rings. The highest BCUT2D eigenvalue weighted by Crippen LogP contribution is 2.27. The van der Waals surface area contributed by atoms with E-state index < -0.39 is 11.7 Å². The van der Waals surface area contributed by atoms with E-state index >= 15 is 0 Å². The molecular formula is C20H30FN3O2. The summed E-state index contributed by atoms with van der Waals surface area (Å²) in [5.41, 5.74) is 0.215. The summed E-state index contributed by atoms with van der Waals surface area (Å²) in [7, 11) is 0. The predicted molar refractivity (Wildman–Crippen MR) is 99.4 cm³/mol. The van der Waals surface area contributed by atoms with E-state index in [1.807, 2.05) is 26.8 Å². The Hall–Kier alpha value is -1.66. The Morgan fingerprint density at radius 2 is 2.04 bits per heavy atom. The Balaban J connectivity index is 1.62. The number of nitrogens with zero attached hydrogens (tertiary/aromatic N) is 1. The first kappa shape index (κ1) is 19.1. The molecule has 0 aromatic heterocycles. The fraction of sp³-hybridized carbons (Fsp3) is 0.650.